The number of nitro groups is 1. The molecule has 1 aromatic rings. The number of nitrogens with two attached hydrogens (primary N) is 1. The van der Waals surface area contributed by atoms with Gasteiger partial charge in [-0.3, -0.25) is 10.1 Å². The highest BCUT2D eigenvalue weighted by Crippen LogP contribution is 2.31. The Balaban J connectivity index is 3.18. The summed E-state index contributed by atoms with van der Waals surface area (Å²) >= 11 is 0. The van der Waals surface area contributed by atoms with E-state index in [2.05, 4.69) is 5.32 Å². The van der Waals surface area contributed by atoms with Gasteiger partial charge in [0.1, 0.15) is 5.69 Å². The van der Waals surface area contributed by atoms with Crippen molar-refractivity contribution in [2.24, 2.45) is 5.73 Å². The second kappa shape index (κ2) is 5.77. The largest absolute Gasteiger partial charge is 0.373 e. The van der Waals surface area contributed by atoms with Crippen LogP contribution in [0.5, 0.6) is 0 Å². The summed E-state index contributed by atoms with van der Waals surface area (Å²) in [4.78, 5) is 10.2. The van der Waals surface area contributed by atoms with Gasteiger partial charge in [0.05, 0.1) is 4.92 Å². The molecule has 0 radical (unpaired) electrons. The summed E-state index contributed by atoms with van der Waals surface area (Å²) in [7, 11) is 0. The quantitative estimate of drug-likeness (QED) is 0.605. The lowest BCUT2D eigenvalue weighted by molar-refractivity contribution is -0.386. The van der Waals surface area contributed by atoms with Crippen molar-refractivity contribution in [2.75, 3.05) is 11.9 Å². The molecule has 0 saturated heterocycles. The molecule has 0 unspecified atom stereocenters. The topological polar surface area (TPSA) is 81.2 Å². The molecule has 0 heterocycles. The van der Waals surface area contributed by atoms with Gasteiger partial charge in [-0.1, -0.05) is 19.9 Å². The van der Waals surface area contributed by atoms with Crippen LogP contribution in [0, 0.1) is 15.9 Å². The number of anilines is 1. The number of nitro benzene ring substituents is 1. The zero-order valence-corrected chi connectivity index (χ0v) is 10.6. The molecule has 0 aromatic heterocycles. The second-order valence-corrected chi connectivity index (χ2v) is 4.21. The van der Waals surface area contributed by atoms with Gasteiger partial charge in [0.2, 0.25) is 5.82 Å². The normalized spacial score (nSPS) is 11.3. The minimum Gasteiger partial charge on any atom is -0.373 e. The first-order valence-corrected chi connectivity index (χ1v) is 5.90. The fraction of sp³-hybridized carbons (Fsp3) is 0.500. The maximum Gasteiger partial charge on any atom is 0.327 e. The minimum atomic E-state index is -0.844. The van der Waals surface area contributed by atoms with Crippen LogP contribution in [0.4, 0.5) is 15.8 Å². The van der Waals surface area contributed by atoms with Crippen LogP contribution in [0.3, 0.4) is 0 Å². The van der Waals surface area contributed by atoms with Crippen molar-refractivity contribution in [1.82, 2.24) is 0 Å². The molecule has 0 aliphatic heterocycles. The van der Waals surface area contributed by atoms with Gasteiger partial charge in [-0.25, -0.2) is 0 Å². The molecule has 1 aromatic carbocycles. The monoisotopic (exact) mass is 255 g/mol. The lowest BCUT2D eigenvalue weighted by Crippen LogP contribution is -2.44. The zero-order chi connectivity index (χ0) is 13.8. The van der Waals surface area contributed by atoms with Crippen LogP contribution in [-0.4, -0.2) is 17.0 Å². The Bertz CT molecular complexity index is 425. The van der Waals surface area contributed by atoms with Crippen molar-refractivity contribution in [2.45, 2.75) is 32.2 Å². The molecule has 1 rings (SSSR count). The van der Waals surface area contributed by atoms with E-state index in [1.165, 1.54) is 12.1 Å². The Labute approximate surface area is 105 Å². The summed E-state index contributed by atoms with van der Waals surface area (Å²) in [6, 6.07) is 4.01. The Morgan fingerprint density at radius 3 is 2.50 bits per heavy atom. The molecule has 0 fully saturated rings. The SMILES string of the molecule is CCC(CC)(CN)Nc1cccc(F)c1[N+](=O)[O-]. The summed E-state index contributed by atoms with van der Waals surface area (Å²) in [5.74, 6) is -0.844. The summed E-state index contributed by atoms with van der Waals surface area (Å²) in [5, 5.41) is 13.9. The van der Waals surface area contributed by atoms with Crippen LogP contribution >= 0.6 is 0 Å². The van der Waals surface area contributed by atoms with Crippen LogP contribution in [0.1, 0.15) is 26.7 Å². The standard InChI is InChI=1S/C12H18FN3O2/c1-3-12(4-2,8-14)15-10-7-5-6-9(13)11(10)16(17)18/h5-7,15H,3-4,8,14H2,1-2H3. The van der Waals surface area contributed by atoms with Crippen LogP contribution in [0.25, 0.3) is 0 Å². The van der Waals surface area contributed by atoms with E-state index in [1.54, 1.807) is 0 Å². The van der Waals surface area contributed by atoms with Gasteiger partial charge in [-0.15, -0.1) is 0 Å². The summed E-state index contributed by atoms with van der Waals surface area (Å²) in [6.45, 7) is 4.21. The molecule has 100 valence electrons. The summed E-state index contributed by atoms with van der Waals surface area (Å²) < 4.78 is 13.5. The Morgan fingerprint density at radius 2 is 2.06 bits per heavy atom. The van der Waals surface area contributed by atoms with Crippen LogP contribution in [0.2, 0.25) is 0 Å². The van der Waals surface area contributed by atoms with Crippen molar-refractivity contribution < 1.29 is 9.31 Å². The van der Waals surface area contributed by atoms with Gasteiger partial charge in [-0.2, -0.15) is 4.39 Å². The lowest BCUT2D eigenvalue weighted by Gasteiger charge is -2.32. The Morgan fingerprint density at radius 1 is 1.44 bits per heavy atom. The first-order valence-electron chi connectivity index (χ1n) is 5.90. The van der Waals surface area contributed by atoms with Crippen molar-refractivity contribution in [3.63, 3.8) is 0 Å². The summed E-state index contributed by atoms with van der Waals surface area (Å²) in [5.41, 5.74) is 4.91. The maximum atomic E-state index is 13.5. The van der Waals surface area contributed by atoms with E-state index < -0.39 is 22.0 Å². The number of halogens is 1. The van der Waals surface area contributed by atoms with Crippen molar-refractivity contribution in [3.05, 3.63) is 34.1 Å². The number of benzene rings is 1. The molecule has 0 aliphatic carbocycles. The molecule has 6 heteroatoms. The van der Waals surface area contributed by atoms with E-state index in [4.69, 9.17) is 5.73 Å². The number of nitrogens with zero attached hydrogens (tertiary/aromatic N) is 1. The Kier molecular flexibility index (Phi) is 4.61. The average Bonchev–Trinajstić information content (AvgIpc) is 2.35. The van der Waals surface area contributed by atoms with Crippen molar-refractivity contribution in [3.8, 4) is 0 Å². The van der Waals surface area contributed by atoms with Crippen LogP contribution < -0.4 is 11.1 Å². The molecule has 0 saturated carbocycles. The maximum absolute atomic E-state index is 13.5. The van der Waals surface area contributed by atoms with E-state index in [1.807, 2.05) is 13.8 Å². The first kappa shape index (κ1) is 14.4. The number of para-hydroxylation sites is 1. The molecular formula is C12H18FN3O2. The molecule has 0 bridgehead atoms. The third-order valence-electron chi connectivity index (χ3n) is 3.31. The van der Waals surface area contributed by atoms with Crippen LogP contribution in [-0.2, 0) is 0 Å². The lowest BCUT2D eigenvalue weighted by atomic mass is 9.92. The van der Waals surface area contributed by atoms with E-state index in [-0.39, 0.29) is 5.69 Å². The highest BCUT2D eigenvalue weighted by molar-refractivity contribution is 5.63. The predicted octanol–water partition coefficient (Wildman–Crippen LogP) is 2.66. The molecular weight excluding hydrogens is 237 g/mol. The van der Waals surface area contributed by atoms with Crippen LogP contribution in [0.15, 0.2) is 18.2 Å². The van der Waals surface area contributed by atoms with Gasteiger partial charge in [0, 0.05) is 12.1 Å². The third-order valence-corrected chi connectivity index (χ3v) is 3.31. The van der Waals surface area contributed by atoms with E-state index >= 15 is 0 Å². The molecule has 0 aliphatic rings. The smallest absolute Gasteiger partial charge is 0.327 e. The molecule has 0 atom stereocenters. The second-order valence-electron chi connectivity index (χ2n) is 4.21. The van der Waals surface area contributed by atoms with E-state index in [9.17, 15) is 14.5 Å². The fourth-order valence-electron chi connectivity index (χ4n) is 1.85. The van der Waals surface area contributed by atoms with Gasteiger partial charge >= 0.3 is 5.69 Å². The molecule has 0 spiro atoms. The van der Waals surface area contributed by atoms with Crippen molar-refractivity contribution in [1.29, 1.82) is 0 Å². The predicted molar refractivity (Wildman–Crippen MR) is 69.0 cm³/mol. The molecule has 3 N–H and O–H groups in total. The van der Waals surface area contributed by atoms with Gasteiger partial charge in [0.15, 0.2) is 0 Å². The third kappa shape index (κ3) is 2.76. The van der Waals surface area contributed by atoms with Gasteiger partial charge in [-0.05, 0) is 25.0 Å². The molecule has 0 amide bonds. The number of hydrogen-bond acceptors (Lipinski definition) is 4. The number of nitrogens with one attached hydrogen (secondary N) is 1. The number of rotatable bonds is 6. The van der Waals surface area contributed by atoms with E-state index in [0.717, 1.165) is 6.07 Å². The fourth-order valence-corrected chi connectivity index (χ4v) is 1.85. The van der Waals surface area contributed by atoms with E-state index in [0.29, 0.717) is 19.4 Å². The highest BCUT2D eigenvalue weighted by atomic mass is 19.1. The first-order chi connectivity index (χ1) is 8.49. The zero-order valence-electron chi connectivity index (χ0n) is 10.6. The summed E-state index contributed by atoms with van der Waals surface area (Å²) in [6.07, 6.45) is 1.40. The number of hydrogen-bond donors (Lipinski definition) is 2. The molecule has 18 heavy (non-hydrogen) atoms. The highest BCUT2D eigenvalue weighted by Gasteiger charge is 2.28. The minimum absolute atomic E-state index is 0.175. The average molecular weight is 255 g/mol. The van der Waals surface area contributed by atoms with Crippen molar-refractivity contribution >= 4 is 11.4 Å². The van der Waals surface area contributed by atoms with Gasteiger partial charge < -0.3 is 11.1 Å². The molecule has 5 nitrogen and oxygen atoms in total. The van der Waals surface area contributed by atoms with Gasteiger partial charge in [0.25, 0.3) is 0 Å². The Hall–Kier alpha value is -1.69.